The van der Waals surface area contributed by atoms with Crippen molar-refractivity contribution >= 4 is 11.9 Å². The number of aryl methyl sites for hydroxylation is 1. The van der Waals surface area contributed by atoms with Crippen LogP contribution in [0, 0.1) is 23.0 Å². The van der Waals surface area contributed by atoms with Gasteiger partial charge in [-0.15, -0.1) is 0 Å². The molecule has 1 aromatic rings. The second-order valence-corrected chi connectivity index (χ2v) is 4.50. The summed E-state index contributed by atoms with van der Waals surface area (Å²) in [5.74, 6) is -4.01. The van der Waals surface area contributed by atoms with Crippen molar-refractivity contribution in [2.45, 2.75) is 12.8 Å². The van der Waals surface area contributed by atoms with E-state index in [1.165, 1.54) is 0 Å². The van der Waals surface area contributed by atoms with Gasteiger partial charge in [0.2, 0.25) is 6.54 Å². The molecule has 7 heteroatoms. The zero-order chi connectivity index (χ0) is 16.0. The molecule has 0 amide bonds. The Morgan fingerprint density at radius 2 is 1.71 bits per heavy atom. The molecule has 1 atom stereocenters. The van der Waals surface area contributed by atoms with E-state index in [1.54, 1.807) is 31.2 Å². The number of nitro groups is 1. The molecule has 0 fully saturated rings. The summed E-state index contributed by atoms with van der Waals surface area (Å²) in [6.07, 6.45) is 0. The molecule has 0 saturated carbocycles. The number of hydrogen-bond donors (Lipinski definition) is 0. The molecule has 0 aliphatic carbocycles. The van der Waals surface area contributed by atoms with Gasteiger partial charge in [0.1, 0.15) is 0 Å². The average molecular weight is 295 g/mol. The van der Waals surface area contributed by atoms with Crippen molar-refractivity contribution < 1.29 is 24.0 Å². The minimum Gasteiger partial charge on any atom is -0.468 e. The number of nitrogens with zero attached hydrogens (tertiary/aromatic N) is 1. The molecule has 0 aromatic heterocycles. The molecule has 0 heterocycles. The van der Waals surface area contributed by atoms with Crippen molar-refractivity contribution in [2.24, 2.45) is 5.92 Å². The van der Waals surface area contributed by atoms with Crippen LogP contribution < -0.4 is 0 Å². The van der Waals surface area contributed by atoms with Crippen molar-refractivity contribution in [1.29, 1.82) is 0 Å². The molecule has 114 valence electrons. The molecule has 0 radical (unpaired) electrons. The maximum absolute atomic E-state index is 11.9. The van der Waals surface area contributed by atoms with Crippen molar-refractivity contribution in [3.63, 3.8) is 0 Å². The SMILES string of the molecule is COC(=O)C(C(=O)OC)[C@H](C[N+](=O)[O-])c1ccccc1C. The summed E-state index contributed by atoms with van der Waals surface area (Å²) < 4.78 is 9.19. The normalized spacial score (nSPS) is 11.8. The number of esters is 2. The minimum atomic E-state index is -1.37. The number of benzene rings is 1. The third-order valence-corrected chi connectivity index (χ3v) is 3.25. The van der Waals surface area contributed by atoms with Gasteiger partial charge < -0.3 is 9.47 Å². The lowest BCUT2D eigenvalue weighted by molar-refractivity contribution is -0.484. The molecule has 0 aliphatic rings. The summed E-state index contributed by atoms with van der Waals surface area (Å²) in [6, 6.07) is 6.88. The third-order valence-electron chi connectivity index (χ3n) is 3.25. The van der Waals surface area contributed by atoms with E-state index < -0.39 is 35.2 Å². The number of methoxy groups -OCH3 is 2. The highest BCUT2D eigenvalue weighted by Gasteiger charge is 2.41. The Kier molecular flexibility index (Phi) is 5.83. The van der Waals surface area contributed by atoms with Gasteiger partial charge >= 0.3 is 11.9 Å². The molecule has 7 nitrogen and oxygen atoms in total. The van der Waals surface area contributed by atoms with E-state index in [9.17, 15) is 19.7 Å². The van der Waals surface area contributed by atoms with Gasteiger partial charge in [-0.1, -0.05) is 24.3 Å². The number of rotatable bonds is 6. The molecule has 1 rings (SSSR count). The van der Waals surface area contributed by atoms with E-state index in [0.29, 0.717) is 5.56 Å². The van der Waals surface area contributed by atoms with E-state index in [-0.39, 0.29) is 0 Å². The van der Waals surface area contributed by atoms with Crippen LogP contribution in [-0.2, 0) is 19.1 Å². The van der Waals surface area contributed by atoms with E-state index in [4.69, 9.17) is 0 Å². The van der Waals surface area contributed by atoms with Crippen molar-refractivity contribution in [1.82, 2.24) is 0 Å². The fourth-order valence-electron chi connectivity index (χ4n) is 2.23. The van der Waals surface area contributed by atoms with Crippen molar-refractivity contribution in [3.05, 3.63) is 45.5 Å². The Labute approximate surface area is 122 Å². The summed E-state index contributed by atoms with van der Waals surface area (Å²) in [5, 5.41) is 10.9. The van der Waals surface area contributed by atoms with E-state index in [2.05, 4.69) is 9.47 Å². The van der Waals surface area contributed by atoms with E-state index in [1.807, 2.05) is 0 Å². The smallest absolute Gasteiger partial charge is 0.320 e. The summed E-state index contributed by atoms with van der Waals surface area (Å²) in [6.45, 7) is 1.19. The van der Waals surface area contributed by atoms with E-state index >= 15 is 0 Å². The number of ether oxygens (including phenoxy) is 2. The highest BCUT2D eigenvalue weighted by atomic mass is 16.6. The van der Waals surface area contributed by atoms with Crippen LogP contribution in [0.15, 0.2) is 24.3 Å². The predicted octanol–water partition coefficient (Wildman–Crippen LogP) is 1.32. The first kappa shape index (κ1) is 16.6. The van der Waals surface area contributed by atoms with Gasteiger partial charge in [0.05, 0.1) is 20.1 Å². The molecule has 0 spiro atoms. The van der Waals surface area contributed by atoms with Crippen LogP contribution in [0.4, 0.5) is 0 Å². The first-order chi connectivity index (χ1) is 9.92. The highest BCUT2D eigenvalue weighted by molar-refractivity contribution is 5.96. The van der Waals surface area contributed by atoms with Crippen LogP contribution in [0.25, 0.3) is 0 Å². The quantitative estimate of drug-likeness (QED) is 0.340. The van der Waals surface area contributed by atoms with Crippen LogP contribution in [0.1, 0.15) is 17.0 Å². The van der Waals surface area contributed by atoms with Gasteiger partial charge in [0.15, 0.2) is 5.92 Å². The topological polar surface area (TPSA) is 95.7 Å². The zero-order valence-electron chi connectivity index (χ0n) is 12.1. The molecular weight excluding hydrogens is 278 g/mol. The molecule has 1 aromatic carbocycles. The van der Waals surface area contributed by atoms with Gasteiger partial charge in [-0.2, -0.15) is 0 Å². The van der Waals surface area contributed by atoms with Gasteiger partial charge in [0, 0.05) is 4.92 Å². The second-order valence-electron chi connectivity index (χ2n) is 4.50. The summed E-state index contributed by atoms with van der Waals surface area (Å²) in [7, 11) is 2.25. The van der Waals surface area contributed by atoms with Crippen LogP contribution >= 0.6 is 0 Å². The van der Waals surface area contributed by atoms with Gasteiger partial charge in [-0.05, 0) is 18.1 Å². The van der Waals surface area contributed by atoms with Crippen LogP contribution in [-0.4, -0.2) is 37.6 Å². The maximum Gasteiger partial charge on any atom is 0.320 e. The Balaban J connectivity index is 3.33. The molecular formula is C14H17NO6. The van der Waals surface area contributed by atoms with Crippen LogP contribution in [0.5, 0.6) is 0 Å². The lowest BCUT2D eigenvalue weighted by Crippen LogP contribution is -2.35. The van der Waals surface area contributed by atoms with Crippen molar-refractivity contribution in [3.8, 4) is 0 Å². The molecule has 21 heavy (non-hydrogen) atoms. The number of carbonyl (C=O) groups excluding carboxylic acids is 2. The zero-order valence-corrected chi connectivity index (χ0v) is 12.1. The largest absolute Gasteiger partial charge is 0.468 e. The van der Waals surface area contributed by atoms with Crippen molar-refractivity contribution in [2.75, 3.05) is 20.8 Å². The van der Waals surface area contributed by atoms with E-state index in [0.717, 1.165) is 19.8 Å². The summed E-state index contributed by atoms with van der Waals surface area (Å²) in [4.78, 5) is 34.1. The standard InChI is InChI=1S/C14H17NO6/c1-9-6-4-5-7-10(9)11(8-15(18)19)12(13(16)20-2)14(17)21-3/h4-7,11-12H,8H2,1-3H3/t11-/m1/s1. The molecule has 0 unspecified atom stereocenters. The van der Waals surface area contributed by atoms with Gasteiger partial charge in [0.25, 0.3) is 0 Å². The average Bonchev–Trinajstić information content (AvgIpc) is 2.46. The molecule has 0 aliphatic heterocycles. The highest BCUT2D eigenvalue weighted by Crippen LogP contribution is 2.29. The fraction of sp³-hybridized carbons (Fsp3) is 0.429. The molecule has 0 N–H and O–H groups in total. The first-order valence-electron chi connectivity index (χ1n) is 6.25. The van der Waals surface area contributed by atoms with Gasteiger partial charge in [-0.3, -0.25) is 19.7 Å². The number of carbonyl (C=O) groups is 2. The Hall–Kier alpha value is -2.44. The molecule has 0 bridgehead atoms. The lowest BCUT2D eigenvalue weighted by atomic mass is 9.83. The third kappa shape index (κ3) is 4.01. The first-order valence-corrected chi connectivity index (χ1v) is 6.25. The Morgan fingerprint density at radius 1 is 1.19 bits per heavy atom. The lowest BCUT2D eigenvalue weighted by Gasteiger charge is -2.22. The maximum atomic E-state index is 11.9. The fourth-order valence-corrected chi connectivity index (χ4v) is 2.23. The Bertz CT molecular complexity index is 526. The number of hydrogen-bond acceptors (Lipinski definition) is 6. The van der Waals surface area contributed by atoms with Crippen LogP contribution in [0.2, 0.25) is 0 Å². The Morgan fingerprint density at radius 3 is 2.14 bits per heavy atom. The van der Waals surface area contributed by atoms with Gasteiger partial charge in [-0.25, -0.2) is 0 Å². The van der Waals surface area contributed by atoms with Crippen LogP contribution in [0.3, 0.4) is 0 Å². The molecule has 0 saturated heterocycles. The monoisotopic (exact) mass is 295 g/mol. The summed E-state index contributed by atoms with van der Waals surface area (Å²) >= 11 is 0. The second kappa shape index (κ2) is 7.37. The summed E-state index contributed by atoms with van der Waals surface area (Å²) in [5.41, 5.74) is 1.30. The predicted molar refractivity (Wildman–Crippen MR) is 73.3 cm³/mol. The minimum absolute atomic E-state index is 0.551.